The van der Waals surface area contributed by atoms with Crippen LogP contribution in [0.4, 0.5) is 16.3 Å². The van der Waals surface area contributed by atoms with Gasteiger partial charge in [-0.15, -0.1) is 0 Å². The highest BCUT2D eigenvalue weighted by Gasteiger charge is 2.22. The zero-order valence-electron chi connectivity index (χ0n) is 25.6. The number of nitrogens with two attached hydrogens (primary N) is 2. The number of aromatic nitrogens is 2. The molecule has 0 saturated carbocycles. The molecule has 0 saturated heterocycles. The monoisotopic (exact) mass is 644 g/mol. The maximum Gasteiger partial charge on any atom is 0.410 e. The maximum atomic E-state index is 13.0. The van der Waals surface area contributed by atoms with Crippen LogP contribution >= 0.6 is 0 Å². The van der Waals surface area contributed by atoms with Gasteiger partial charge in [-0.2, -0.15) is 0 Å². The minimum absolute atomic E-state index is 0.0314. The number of nitrogens with one attached hydrogen (secondary N) is 1. The predicted octanol–water partition coefficient (Wildman–Crippen LogP) is 2.78. The van der Waals surface area contributed by atoms with E-state index in [-0.39, 0.29) is 36.2 Å². The van der Waals surface area contributed by atoms with Gasteiger partial charge in [0.2, 0.25) is 10.0 Å². The maximum absolute atomic E-state index is 13.0. The van der Waals surface area contributed by atoms with Crippen molar-refractivity contribution in [2.24, 2.45) is 5.14 Å². The van der Waals surface area contributed by atoms with Gasteiger partial charge in [0.15, 0.2) is 11.5 Å². The lowest BCUT2D eigenvalue weighted by Gasteiger charge is -2.27. The number of aliphatic hydroxyl groups is 1. The van der Waals surface area contributed by atoms with Crippen molar-refractivity contribution in [3.63, 3.8) is 0 Å². The third-order valence-corrected chi connectivity index (χ3v) is 6.99. The number of aliphatic hydroxyl groups excluding tert-OH is 1. The Kier molecular flexibility index (Phi) is 12.8. The lowest BCUT2D eigenvalue weighted by molar-refractivity contribution is 0.00837. The summed E-state index contributed by atoms with van der Waals surface area (Å²) in [7, 11) is -3.85. The summed E-state index contributed by atoms with van der Waals surface area (Å²) in [6.07, 6.45) is 1.37. The van der Waals surface area contributed by atoms with E-state index in [0.717, 1.165) is 5.56 Å². The number of nitrogens with zero attached hydrogens (tertiary/aromatic N) is 3. The quantitative estimate of drug-likeness (QED) is 0.177. The number of hydrogen-bond donors (Lipinski definition) is 4. The zero-order valence-corrected chi connectivity index (χ0v) is 26.4. The first-order valence-electron chi connectivity index (χ1n) is 14.2. The second-order valence-electron chi connectivity index (χ2n) is 10.9. The van der Waals surface area contributed by atoms with Crippen molar-refractivity contribution in [3.8, 4) is 11.3 Å². The average Bonchev–Trinajstić information content (AvgIpc) is 2.97. The van der Waals surface area contributed by atoms with E-state index >= 15 is 0 Å². The summed E-state index contributed by atoms with van der Waals surface area (Å²) < 4.78 is 39.8. The molecule has 0 atom stereocenters. The molecule has 0 unspecified atom stereocenters. The van der Waals surface area contributed by atoms with Crippen LogP contribution in [0.25, 0.3) is 11.3 Å². The van der Waals surface area contributed by atoms with Gasteiger partial charge in [-0.25, -0.2) is 28.3 Å². The topological polar surface area (TPSA) is 209 Å². The van der Waals surface area contributed by atoms with E-state index in [1.54, 1.807) is 39.0 Å². The van der Waals surface area contributed by atoms with E-state index < -0.39 is 27.6 Å². The minimum atomic E-state index is -3.85. The molecule has 0 aliphatic rings. The Hall–Kier alpha value is -4.15. The lowest BCUT2D eigenvalue weighted by Crippen LogP contribution is -2.39. The van der Waals surface area contributed by atoms with Crippen LogP contribution in [0.2, 0.25) is 0 Å². The predicted molar refractivity (Wildman–Crippen MR) is 168 cm³/mol. The van der Waals surface area contributed by atoms with Crippen LogP contribution in [-0.4, -0.2) is 85.5 Å². The smallest absolute Gasteiger partial charge is 0.410 e. The fourth-order valence-electron chi connectivity index (χ4n) is 3.92. The van der Waals surface area contributed by atoms with Crippen LogP contribution in [0.5, 0.6) is 0 Å². The number of primary sulfonamides is 1. The van der Waals surface area contributed by atoms with Gasteiger partial charge < -0.3 is 35.3 Å². The Bertz CT molecular complexity index is 1540. The Balaban J connectivity index is 1.48. The molecule has 0 fully saturated rings. The first-order valence-corrected chi connectivity index (χ1v) is 15.7. The summed E-state index contributed by atoms with van der Waals surface area (Å²) in [5.41, 5.74) is 7.35. The SMILES string of the molecule is CC(C)(C)OC(=O)N(CCCO)CCOCCOCc1cccc(NC(=O)c2nc(-c3ccc(S(N)(=O)=O)cc3)cnc2N)c1. The highest BCUT2D eigenvalue weighted by molar-refractivity contribution is 7.89. The van der Waals surface area contributed by atoms with Crippen LogP contribution in [0.3, 0.4) is 0 Å². The Morgan fingerprint density at radius 2 is 1.73 bits per heavy atom. The zero-order chi connectivity index (χ0) is 33.0. The second-order valence-corrected chi connectivity index (χ2v) is 12.5. The molecule has 3 rings (SSSR count). The molecule has 2 amide bonds. The number of sulfonamides is 1. The van der Waals surface area contributed by atoms with Crippen molar-refractivity contribution in [1.82, 2.24) is 14.9 Å². The Labute approximate surface area is 262 Å². The number of ether oxygens (including phenoxy) is 3. The Morgan fingerprint density at radius 3 is 2.40 bits per heavy atom. The molecule has 45 heavy (non-hydrogen) atoms. The van der Waals surface area contributed by atoms with E-state index in [2.05, 4.69) is 15.3 Å². The number of carbonyl (C=O) groups excluding carboxylic acids is 2. The summed E-state index contributed by atoms with van der Waals surface area (Å²) in [4.78, 5) is 35.2. The standard InChI is InChI=1S/C30H40N6O8S/c1-30(2,3)44-29(39)36(12-5-14-37)13-15-42-16-17-43-20-21-6-4-7-23(18-21)34-28(38)26-27(31)33-19-25(35-26)22-8-10-24(11-9-22)45(32,40)41/h4,6-11,18-19,37H,5,12-17,20H2,1-3H3,(H2,31,33)(H,34,38)(H2,32,40,41). The van der Waals surface area contributed by atoms with E-state index in [1.807, 2.05) is 6.07 Å². The summed E-state index contributed by atoms with van der Waals surface area (Å²) >= 11 is 0. The number of carbonyl (C=O) groups is 2. The number of nitrogen functional groups attached to an aromatic ring is 1. The van der Waals surface area contributed by atoms with Crippen molar-refractivity contribution in [3.05, 3.63) is 66.0 Å². The number of hydrogen-bond acceptors (Lipinski definition) is 11. The number of anilines is 2. The van der Waals surface area contributed by atoms with Crippen LogP contribution in [0.1, 0.15) is 43.2 Å². The van der Waals surface area contributed by atoms with Gasteiger partial charge in [-0.1, -0.05) is 24.3 Å². The summed E-state index contributed by atoms with van der Waals surface area (Å²) in [6.45, 7) is 7.18. The van der Waals surface area contributed by atoms with E-state index in [1.165, 1.54) is 35.4 Å². The summed E-state index contributed by atoms with van der Waals surface area (Å²) in [6, 6.07) is 12.8. The number of benzene rings is 2. The number of amides is 2. The highest BCUT2D eigenvalue weighted by Crippen LogP contribution is 2.21. The van der Waals surface area contributed by atoms with Crippen LogP contribution < -0.4 is 16.2 Å². The lowest BCUT2D eigenvalue weighted by atomic mass is 10.1. The molecule has 0 radical (unpaired) electrons. The van der Waals surface area contributed by atoms with E-state index in [9.17, 15) is 18.0 Å². The molecule has 6 N–H and O–H groups in total. The molecule has 14 nitrogen and oxygen atoms in total. The summed E-state index contributed by atoms with van der Waals surface area (Å²) in [5, 5.41) is 17.0. The molecular formula is C30H40N6O8S. The van der Waals surface area contributed by atoms with E-state index in [4.69, 9.17) is 30.2 Å². The normalized spacial score (nSPS) is 11.7. The third kappa shape index (κ3) is 11.7. The highest BCUT2D eigenvalue weighted by atomic mass is 32.2. The Morgan fingerprint density at radius 1 is 1.02 bits per heavy atom. The van der Waals surface area contributed by atoms with Crippen LogP contribution in [-0.2, 0) is 30.8 Å². The minimum Gasteiger partial charge on any atom is -0.444 e. The van der Waals surface area contributed by atoms with Crippen molar-refractivity contribution >= 4 is 33.5 Å². The van der Waals surface area contributed by atoms with Gasteiger partial charge in [-0.05, 0) is 57.0 Å². The molecule has 1 heterocycles. The van der Waals surface area contributed by atoms with E-state index in [0.29, 0.717) is 49.7 Å². The average molecular weight is 645 g/mol. The van der Waals surface area contributed by atoms with Crippen molar-refractivity contribution in [2.45, 2.75) is 44.3 Å². The van der Waals surface area contributed by atoms with Gasteiger partial charge in [0.25, 0.3) is 5.91 Å². The van der Waals surface area contributed by atoms with Crippen LogP contribution in [0, 0.1) is 0 Å². The molecule has 244 valence electrons. The molecule has 0 bridgehead atoms. The number of rotatable bonds is 15. The molecule has 0 aliphatic carbocycles. The fourth-order valence-corrected chi connectivity index (χ4v) is 4.43. The third-order valence-electron chi connectivity index (χ3n) is 6.06. The first kappa shape index (κ1) is 35.3. The van der Waals surface area contributed by atoms with Gasteiger partial charge >= 0.3 is 6.09 Å². The largest absolute Gasteiger partial charge is 0.444 e. The van der Waals surface area contributed by atoms with Gasteiger partial charge in [-0.3, -0.25) is 4.79 Å². The molecule has 1 aromatic heterocycles. The van der Waals surface area contributed by atoms with Crippen molar-refractivity contribution in [1.29, 1.82) is 0 Å². The first-order chi connectivity index (χ1) is 21.3. The van der Waals surface area contributed by atoms with Crippen LogP contribution in [0.15, 0.2) is 59.6 Å². The molecule has 0 aliphatic heterocycles. The summed E-state index contributed by atoms with van der Waals surface area (Å²) in [5.74, 6) is -0.645. The fraction of sp³-hybridized carbons (Fsp3) is 0.400. The molecule has 2 aromatic carbocycles. The van der Waals surface area contributed by atoms with Crippen molar-refractivity contribution in [2.75, 3.05) is 50.6 Å². The van der Waals surface area contributed by atoms with Crippen molar-refractivity contribution < 1.29 is 37.3 Å². The molecular weight excluding hydrogens is 604 g/mol. The molecule has 15 heteroatoms. The van der Waals surface area contributed by atoms with Gasteiger partial charge in [0, 0.05) is 30.9 Å². The molecule has 0 spiro atoms. The second kappa shape index (κ2) is 16.2. The van der Waals surface area contributed by atoms with Gasteiger partial charge in [0.05, 0.1) is 43.2 Å². The van der Waals surface area contributed by atoms with Gasteiger partial charge in [0.1, 0.15) is 5.60 Å². The molecule has 3 aromatic rings.